The average molecular weight is 333 g/mol. The molecule has 0 spiro atoms. The van der Waals surface area contributed by atoms with Gasteiger partial charge in [0.05, 0.1) is 13.2 Å². The Balaban J connectivity index is -0.0000000396. The van der Waals surface area contributed by atoms with Crippen molar-refractivity contribution in [1.29, 1.82) is 0 Å². The fourth-order valence-corrected chi connectivity index (χ4v) is 0.391. The maximum Gasteiger partial charge on any atom is 0.0662 e. The van der Waals surface area contributed by atoms with Crippen LogP contribution in [0.4, 0.5) is 0 Å². The molecule has 0 aliphatic rings. The van der Waals surface area contributed by atoms with E-state index in [-0.39, 0.29) is 13.2 Å². The quantitative estimate of drug-likeness (QED) is 0.511. The van der Waals surface area contributed by atoms with Crippen LogP contribution in [0.15, 0.2) is 50.6 Å². The molecule has 3 nitrogen and oxygen atoms in total. The molecule has 23 heavy (non-hydrogen) atoms. The molecular formula is C20H44O3. The van der Waals surface area contributed by atoms with Gasteiger partial charge in [0.1, 0.15) is 0 Å². The van der Waals surface area contributed by atoms with Crippen molar-refractivity contribution in [2.24, 2.45) is 0 Å². The van der Waals surface area contributed by atoms with Crippen LogP contribution in [-0.4, -0.2) is 36.6 Å². The third-order valence-corrected chi connectivity index (χ3v) is 0.797. The second-order valence-corrected chi connectivity index (χ2v) is 3.69. The predicted molar refractivity (Wildman–Crippen MR) is 109 cm³/mol. The van der Waals surface area contributed by atoms with Crippen LogP contribution in [0.25, 0.3) is 0 Å². The van der Waals surface area contributed by atoms with E-state index in [2.05, 4.69) is 40.2 Å². The molecule has 0 atom stereocenters. The number of aliphatic hydroxyl groups is 2. The normalized spacial score (nSPS) is 6.43. The molecule has 0 saturated heterocycles. The molecule has 0 heterocycles. The summed E-state index contributed by atoms with van der Waals surface area (Å²) in [6, 6.07) is 0. The van der Waals surface area contributed by atoms with Crippen molar-refractivity contribution >= 4 is 0 Å². The summed E-state index contributed by atoms with van der Waals surface area (Å²) in [5.74, 6) is 0. The molecule has 0 aliphatic heterocycles. The SMILES string of the molecule is C=CC.C=CC.C=CC.C=CC.CCCOCCC.OCCO. The monoisotopic (exact) mass is 332 g/mol. The molecule has 0 aliphatic carbocycles. The Hall–Kier alpha value is -1.16. The minimum Gasteiger partial charge on any atom is -0.394 e. The summed E-state index contributed by atoms with van der Waals surface area (Å²) in [5.41, 5.74) is 0. The van der Waals surface area contributed by atoms with Crippen LogP contribution in [0.5, 0.6) is 0 Å². The molecule has 0 aromatic heterocycles. The van der Waals surface area contributed by atoms with Crippen molar-refractivity contribution in [3.8, 4) is 0 Å². The molecule has 0 rings (SSSR count). The molecule has 3 heteroatoms. The van der Waals surface area contributed by atoms with Crippen LogP contribution in [0, 0.1) is 0 Å². The van der Waals surface area contributed by atoms with Crippen LogP contribution in [-0.2, 0) is 4.74 Å². The fraction of sp³-hybridized carbons (Fsp3) is 0.600. The summed E-state index contributed by atoms with van der Waals surface area (Å²) in [6.45, 7) is 26.8. The Morgan fingerprint density at radius 3 is 0.913 bits per heavy atom. The maximum absolute atomic E-state index is 7.62. The van der Waals surface area contributed by atoms with Crippen LogP contribution in [0.3, 0.4) is 0 Å². The Labute approximate surface area is 147 Å². The van der Waals surface area contributed by atoms with Gasteiger partial charge in [0.25, 0.3) is 0 Å². The van der Waals surface area contributed by atoms with E-state index in [9.17, 15) is 0 Å². The topological polar surface area (TPSA) is 49.7 Å². The van der Waals surface area contributed by atoms with Gasteiger partial charge in [0.2, 0.25) is 0 Å². The number of aliphatic hydroxyl groups excluding tert-OH is 2. The number of ether oxygens (including phenoxy) is 1. The molecule has 2 N–H and O–H groups in total. The van der Waals surface area contributed by atoms with E-state index < -0.39 is 0 Å². The zero-order chi connectivity index (χ0) is 19.8. The highest BCUT2D eigenvalue weighted by Crippen LogP contribution is 1.81. The second-order valence-electron chi connectivity index (χ2n) is 3.69. The van der Waals surface area contributed by atoms with Gasteiger partial charge < -0.3 is 14.9 Å². The van der Waals surface area contributed by atoms with Gasteiger partial charge in [-0.15, -0.1) is 26.3 Å². The van der Waals surface area contributed by atoms with E-state index in [0.29, 0.717) is 0 Å². The number of hydrogen-bond donors (Lipinski definition) is 2. The van der Waals surface area contributed by atoms with Crippen LogP contribution >= 0.6 is 0 Å². The lowest BCUT2D eigenvalue weighted by Gasteiger charge is -1.95. The smallest absolute Gasteiger partial charge is 0.0662 e. The van der Waals surface area contributed by atoms with E-state index in [1.165, 1.54) is 0 Å². The van der Waals surface area contributed by atoms with Crippen molar-refractivity contribution in [2.75, 3.05) is 26.4 Å². The molecule has 142 valence electrons. The highest BCUT2D eigenvalue weighted by atomic mass is 16.5. The summed E-state index contributed by atoms with van der Waals surface area (Å²) in [6.07, 6.45) is 9.28. The lowest BCUT2D eigenvalue weighted by molar-refractivity contribution is 0.135. The lowest BCUT2D eigenvalue weighted by atomic mass is 10.5. The number of hydrogen-bond acceptors (Lipinski definition) is 3. The molecular weight excluding hydrogens is 288 g/mol. The standard InChI is InChI=1S/C6H14O.4C3H6.C2H6O2/c1-3-5-7-6-4-2;4*1-3-2;3-1-2-4/h3-6H2,1-2H3;4*3H,1H2,2H3;3-4H,1-2H2. The summed E-state index contributed by atoms with van der Waals surface area (Å²) < 4.78 is 5.13. The van der Waals surface area contributed by atoms with Crippen molar-refractivity contribution < 1.29 is 14.9 Å². The molecule has 0 aromatic carbocycles. The Morgan fingerprint density at radius 2 is 0.826 bits per heavy atom. The van der Waals surface area contributed by atoms with E-state index >= 15 is 0 Å². The summed E-state index contributed by atoms with van der Waals surface area (Å²) in [5, 5.41) is 15.2. The number of rotatable bonds is 5. The Kier molecular flexibility index (Phi) is 139. The zero-order valence-corrected chi connectivity index (χ0v) is 16.7. The summed E-state index contributed by atoms with van der Waals surface area (Å²) >= 11 is 0. The maximum atomic E-state index is 7.62. The van der Waals surface area contributed by atoms with Crippen LogP contribution < -0.4 is 0 Å². The lowest BCUT2D eigenvalue weighted by Crippen LogP contribution is -1.92. The van der Waals surface area contributed by atoms with E-state index in [1.54, 1.807) is 24.3 Å². The van der Waals surface area contributed by atoms with Crippen molar-refractivity contribution in [3.05, 3.63) is 50.6 Å². The average Bonchev–Trinajstić information content (AvgIpc) is 2.51. The zero-order valence-electron chi connectivity index (χ0n) is 16.7. The Morgan fingerprint density at radius 1 is 0.652 bits per heavy atom. The third-order valence-electron chi connectivity index (χ3n) is 0.797. The van der Waals surface area contributed by atoms with Crippen LogP contribution in [0.2, 0.25) is 0 Å². The molecule has 0 amide bonds. The minimum absolute atomic E-state index is 0.125. The summed E-state index contributed by atoms with van der Waals surface area (Å²) in [7, 11) is 0. The molecule has 0 radical (unpaired) electrons. The van der Waals surface area contributed by atoms with Gasteiger partial charge in [-0.1, -0.05) is 38.2 Å². The van der Waals surface area contributed by atoms with Gasteiger partial charge in [-0.05, 0) is 40.5 Å². The third kappa shape index (κ3) is 502. The van der Waals surface area contributed by atoms with Gasteiger partial charge in [-0.25, -0.2) is 0 Å². The first kappa shape index (κ1) is 37.8. The number of allylic oxidation sites excluding steroid dienone is 4. The highest BCUT2D eigenvalue weighted by molar-refractivity contribution is 4.52. The van der Waals surface area contributed by atoms with E-state index in [4.69, 9.17) is 14.9 Å². The minimum atomic E-state index is -0.125. The van der Waals surface area contributed by atoms with Gasteiger partial charge in [0, 0.05) is 13.2 Å². The van der Waals surface area contributed by atoms with Crippen molar-refractivity contribution in [1.82, 2.24) is 0 Å². The van der Waals surface area contributed by atoms with Crippen molar-refractivity contribution in [2.45, 2.75) is 54.4 Å². The molecule has 0 bridgehead atoms. The molecule has 0 saturated carbocycles. The van der Waals surface area contributed by atoms with E-state index in [0.717, 1.165) is 26.1 Å². The predicted octanol–water partition coefficient (Wildman–Crippen LogP) is 5.56. The first-order valence-electron chi connectivity index (χ1n) is 8.07. The molecule has 0 aromatic rings. The highest BCUT2D eigenvalue weighted by Gasteiger charge is 1.77. The van der Waals surface area contributed by atoms with Crippen molar-refractivity contribution in [3.63, 3.8) is 0 Å². The van der Waals surface area contributed by atoms with E-state index in [1.807, 2.05) is 27.7 Å². The largest absolute Gasteiger partial charge is 0.394 e. The fourth-order valence-electron chi connectivity index (χ4n) is 0.391. The van der Waals surface area contributed by atoms with Gasteiger partial charge >= 0.3 is 0 Å². The van der Waals surface area contributed by atoms with Crippen LogP contribution in [0.1, 0.15) is 54.4 Å². The summed E-state index contributed by atoms with van der Waals surface area (Å²) in [4.78, 5) is 0. The Bertz CT molecular complexity index is 136. The molecule has 0 unspecified atom stereocenters. The van der Waals surface area contributed by atoms with Gasteiger partial charge in [-0.2, -0.15) is 0 Å². The van der Waals surface area contributed by atoms with Gasteiger partial charge in [0.15, 0.2) is 0 Å². The first-order chi connectivity index (χ1) is 11.0. The molecule has 0 fully saturated rings. The first-order valence-corrected chi connectivity index (χ1v) is 8.07. The van der Waals surface area contributed by atoms with Gasteiger partial charge in [-0.3, -0.25) is 0 Å². The second kappa shape index (κ2) is 84.7.